The number of carbonyl (C=O) groups is 1. The summed E-state index contributed by atoms with van der Waals surface area (Å²) < 4.78 is 0. The van der Waals surface area contributed by atoms with Gasteiger partial charge in [-0.1, -0.05) is 12.1 Å². The summed E-state index contributed by atoms with van der Waals surface area (Å²) in [6, 6.07) is 12.3. The number of hydrogen-bond donors (Lipinski definition) is 2. The lowest BCUT2D eigenvalue weighted by atomic mass is 10.1. The predicted octanol–water partition coefficient (Wildman–Crippen LogP) is 2.32. The van der Waals surface area contributed by atoms with Crippen molar-refractivity contribution in [1.82, 2.24) is 25.2 Å². The first-order chi connectivity index (χ1) is 16.5. The number of aromatic amines is 1. The van der Waals surface area contributed by atoms with Crippen LogP contribution in [-0.4, -0.2) is 65.0 Å². The summed E-state index contributed by atoms with van der Waals surface area (Å²) in [6.45, 7) is 9.49. The third-order valence-electron chi connectivity index (χ3n) is 6.21. The van der Waals surface area contributed by atoms with Crippen molar-refractivity contribution in [3.8, 4) is 11.4 Å². The Morgan fingerprint density at radius 2 is 1.94 bits per heavy atom. The van der Waals surface area contributed by atoms with Crippen molar-refractivity contribution in [3.05, 3.63) is 76.0 Å². The molecule has 1 fully saturated rings. The highest BCUT2D eigenvalue weighted by Crippen LogP contribution is 2.18. The zero-order chi connectivity index (χ0) is 23.9. The first-order valence-corrected chi connectivity index (χ1v) is 11.8. The molecular formula is C26H32N6O2. The lowest BCUT2D eigenvalue weighted by Crippen LogP contribution is -2.47. The van der Waals surface area contributed by atoms with E-state index in [-0.39, 0.29) is 17.9 Å². The van der Waals surface area contributed by atoms with Gasteiger partial charge in [0.1, 0.15) is 5.82 Å². The number of aromatic nitrogens is 3. The predicted molar refractivity (Wildman–Crippen MR) is 134 cm³/mol. The molecule has 1 aliphatic rings. The monoisotopic (exact) mass is 460 g/mol. The van der Waals surface area contributed by atoms with Crippen LogP contribution >= 0.6 is 0 Å². The first kappa shape index (κ1) is 23.6. The third-order valence-corrected chi connectivity index (χ3v) is 6.21. The molecule has 8 heteroatoms. The molecule has 0 bridgehead atoms. The largest absolute Gasteiger partial charge is 0.369 e. The number of nitrogens with one attached hydrogen (secondary N) is 2. The van der Waals surface area contributed by atoms with E-state index in [0.717, 1.165) is 44.7 Å². The Morgan fingerprint density at radius 1 is 1.12 bits per heavy atom. The molecule has 0 aliphatic carbocycles. The van der Waals surface area contributed by atoms with Crippen LogP contribution in [0.1, 0.15) is 23.2 Å². The third kappa shape index (κ3) is 6.08. The zero-order valence-electron chi connectivity index (χ0n) is 19.9. The Morgan fingerprint density at radius 3 is 2.65 bits per heavy atom. The number of carbonyl (C=O) groups excluding carboxylic acids is 1. The summed E-state index contributed by atoms with van der Waals surface area (Å²) >= 11 is 0. The zero-order valence-corrected chi connectivity index (χ0v) is 19.9. The van der Waals surface area contributed by atoms with Gasteiger partial charge in [-0.25, -0.2) is 4.98 Å². The first-order valence-electron chi connectivity index (χ1n) is 11.8. The number of benzene rings is 1. The van der Waals surface area contributed by atoms with E-state index in [1.54, 1.807) is 25.4 Å². The molecule has 1 aromatic carbocycles. The molecule has 0 radical (unpaired) electrons. The summed E-state index contributed by atoms with van der Waals surface area (Å²) in [5, 5.41) is 2.95. The average molecular weight is 461 g/mol. The fourth-order valence-corrected chi connectivity index (χ4v) is 4.27. The van der Waals surface area contributed by atoms with E-state index in [1.165, 1.54) is 11.3 Å². The van der Waals surface area contributed by atoms with E-state index in [9.17, 15) is 9.59 Å². The molecular weight excluding hydrogens is 428 g/mol. The molecule has 3 aromatic rings. The number of H-pyrrole nitrogens is 1. The molecule has 1 saturated heterocycles. The minimum Gasteiger partial charge on any atom is -0.369 e. The van der Waals surface area contributed by atoms with Gasteiger partial charge in [0, 0.05) is 67.6 Å². The Labute approximate surface area is 200 Å². The highest BCUT2D eigenvalue weighted by molar-refractivity contribution is 5.78. The number of amides is 1. The average Bonchev–Trinajstić information content (AvgIpc) is 2.85. The van der Waals surface area contributed by atoms with Crippen LogP contribution in [0.3, 0.4) is 0 Å². The number of pyridine rings is 1. The van der Waals surface area contributed by atoms with Crippen LogP contribution in [0.4, 0.5) is 5.69 Å². The number of anilines is 1. The normalized spacial score (nSPS) is 14.2. The van der Waals surface area contributed by atoms with Gasteiger partial charge in [-0.2, -0.15) is 0 Å². The van der Waals surface area contributed by atoms with Crippen molar-refractivity contribution in [3.63, 3.8) is 0 Å². The number of piperazine rings is 1. The highest BCUT2D eigenvalue weighted by atomic mass is 16.2. The minimum atomic E-state index is -0.284. The van der Waals surface area contributed by atoms with Gasteiger partial charge < -0.3 is 15.2 Å². The second kappa shape index (κ2) is 11.1. The Hall–Kier alpha value is -3.52. The fourth-order valence-electron chi connectivity index (χ4n) is 4.27. The lowest BCUT2D eigenvalue weighted by Gasteiger charge is -2.36. The molecule has 1 aliphatic heterocycles. The van der Waals surface area contributed by atoms with E-state index >= 15 is 0 Å². The van der Waals surface area contributed by atoms with E-state index in [0.29, 0.717) is 23.6 Å². The van der Waals surface area contributed by atoms with Crippen LogP contribution in [0.2, 0.25) is 0 Å². The Balaban J connectivity index is 1.20. The fraction of sp³-hybridized carbons (Fsp3) is 0.385. The van der Waals surface area contributed by atoms with Gasteiger partial charge in [-0.05, 0) is 56.6 Å². The summed E-state index contributed by atoms with van der Waals surface area (Å²) in [5.41, 5.74) is 3.99. The maximum atomic E-state index is 12.5. The molecule has 4 rings (SSSR count). The number of aryl methyl sites for hydroxylation is 2. The van der Waals surface area contributed by atoms with Gasteiger partial charge in [-0.15, -0.1) is 0 Å². The van der Waals surface area contributed by atoms with Crippen LogP contribution in [0.5, 0.6) is 0 Å². The van der Waals surface area contributed by atoms with Crippen molar-refractivity contribution in [2.24, 2.45) is 0 Å². The molecule has 34 heavy (non-hydrogen) atoms. The van der Waals surface area contributed by atoms with E-state index in [2.05, 4.69) is 61.3 Å². The molecule has 0 atom stereocenters. The van der Waals surface area contributed by atoms with Crippen molar-refractivity contribution in [1.29, 1.82) is 0 Å². The topological polar surface area (TPSA) is 94.2 Å². The maximum absolute atomic E-state index is 12.5. The van der Waals surface area contributed by atoms with Gasteiger partial charge in [0.25, 0.3) is 5.56 Å². The smallest absolute Gasteiger partial charge is 0.255 e. The second-order valence-electron chi connectivity index (χ2n) is 8.77. The lowest BCUT2D eigenvalue weighted by molar-refractivity contribution is -0.120. The van der Waals surface area contributed by atoms with E-state index in [1.807, 2.05) is 6.07 Å². The molecule has 2 aromatic heterocycles. The molecule has 0 spiro atoms. The summed E-state index contributed by atoms with van der Waals surface area (Å²) in [6.07, 6.45) is 4.21. The van der Waals surface area contributed by atoms with Gasteiger partial charge in [0.05, 0.1) is 6.42 Å². The molecule has 8 nitrogen and oxygen atoms in total. The van der Waals surface area contributed by atoms with Crippen LogP contribution in [0, 0.1) is 13.8 Å². The molecule has 2 N–H and O–H groups in total. The van der Waals surface area contributed by atoms with Gasteiger partial charge >= 0.3 is 0 Å². The van der Waals surface area contributed by atoms with Gasteiger partial charge in [-0.3, -0.25) is 19.5 Å². The van der Waals surface area contributed by atoms with Crippen LogP contribution < -0.4 is 15.8 Å². The molecule has 1 amide bonds. The minimum absolute atomic E-state index is 0.0245. The highest BCUT2D eigenvalue weighted by Gasteiger charge is 2.17. The maximum Gasteiger partial charge on any atom is 0.255 e. The summed E-state index contributed by atoms with van der Waals surface area (Å²) in [7, 11) is 0. The van der Waals surface area contributed by atoms with Crippen molar-refractivity contribution >= 4 is 11.6 Å². The van der Waals surface area contributed by atoms with Crippen molar-refractivity contribution < 1.29 is 4.79 Å². The Kier molecular flexibility index (Phi) is 7.69. The SMILES string of the molecule is Cc1cccc(N2CCN(CCCNC(=O)Cc3c(C)nc(-c4cccnc4)[nH]c3=O)CC2)c1. The van der Waals surface area contributed by atoms with Crippen molar-refractivity contribution in [2.45, 2.75) is 26.7 Å². The second-order valence-corrected chi connectivity index (χ2v) is 8.77. The summed E-state index contributed by atoms with van der Waals surface area (Å²) in [4.78, 5) is 41.1. The molecule has 3 heterocycles. The quantitative estimate of drug-likeness (QED) is 0.501. The van der Waals surface area contributed by atoms with Gasteiger partial charge in [0.2, 0.25) is 5.91 Å². The number of hydrogen-bond acceptors (Lipinski definition) is 6. The summed E-state index contributed by atoms with van der Waals surface area (Å²) in [5.74, 6) is 0.302. The van der Waals surface area contributed by atoms with E-state index < -0.39 is 0 Å². The van der Waals surface area contributed by atoms with Crippen molar-refractivity contribution in [2.75, 3.05) is 44.2 Å². The number of rotatable bonds is 8. The van der Waals surface area contributed by atoms with Crippen LogP contribution in [-0.2, 0) is 11.2 Å². The van der Waals surface area contributed by atoms with E-state index in [4.69, 9.17) is 0 Å². The standard InChI is InChI=1S/C26H32N6O2/c1-19-6-3-8-22(16-19)32-14-12-31(13-15-32)11-5-10-28-24(33)17-23-20(2)29-25(30-26(23)34)21-7-4-9-27-18-21/h3-4,6-9,16,18H,5,10-15,17H2,1-2H3,(H,28,33)(H,29,30,34). The number of nitrogens with zero attached hydrogens (tertiary/aromatic N) is 4. The molecule has 178 valence electrons. The molecule has 0 saturated carbocycles. The van der Waals surface area contributed by atoms with Crippen LogP contribution in [0.15, 0.2) is 53.6 Å². The molecule has 0 unspecified atom stereocenters. The Bertz CT molecular complexity index is 1170. The van der Waals surface area contributed by atoms with Gasteiger partial charge in [0.15, 0.2) is 0 Å². The van der Waals surface area contributed by atoms with Crippen LogP contribution in [0.25, 0.3) is 11.4 Å².